The van der Waals surface area contributed by atoms with Gasteiger partial charge in [0.05, 0.1) is 6.61 Å². The molecule has 1 heterocycles. The van der Waals surface area contributed by atoms with Gasteiger partial charge in [0, 0.05) is 30.7 Å². The van der Waals surface area contributed by atoms with Gasteiger partial charge in [0.1, 0.15) is 12.7 Å². The molecule has 1 atom stereocenters. The first-order chi connectivity index (χ1) is 12.7. The van der Waals surface area contributed by atoms with Gasteiger partial charge in [0.15, 0.2) is 0 Å². The molecule has 0 N–H and O–H groups in total. The number of nitrogens with zero attached hydrogens (tertiary/aromatic N) is 1. The Morgan fingerprint density at radius 3 is 2.73 bits per heavy atom. The van der Waals surface area contributed by atoms with Crippen LogP contribution in [0.15, 0.2) is 60.7 Å². The fourth-order valence-electron chi connectivity index (χ4n) is 2.83. The number of rotatable bonds is 6. The first-order valence-corrected chi connectivity index (χ1v) is 9.05. The topological polar surface area (TPSA) is 38.8 Å². The molecule has 0 unspecified atom stereocenters. The summed E-state index contributed by atoms with van der Waals surface area (Å²) >= 11 is 5.84. The van der Waals surface area contributed by atoms with Crippen molar-refractivity contribution in [3.63, 3.8) is 0 Å². The van der Waals surface area contributed by atoms with Crippen molar-refractivity contribution in [3.8, 4) is 0 Å². The van der Waals surface area contributed by atoms with Gasteiger partial charge >= 0.3 is 5.97 Å². The summed E-state index contributed by atoms with van der Waals surface area (Å²) in [7, 11) is 0. The first kappa shape index (κ1) is 18.6. The molecule has 1 saturated heterocycles. The van der Waals surface area contributed by atoms with Gasteiger partial charge in [-0.1, -0.05) is 54.1 Å². The lowest BCUT2D eigenvalue weighted by atomic mass is 10.2. The van der Waals surface area contributed by atoms with E-state index < -0.39 is 0 Å². The normalized spacial score (nSPS) is 18.1. The summed E-state index contributed by atoms with van der Waals surface area (Å²) in [6.07, 6.45) is 3.04. The number of morpholine rings is 1. The van der Waals surface area contributed by atoms with Crippen LogP contribution in [0.3, 0.4) is 0 Å². The molecule has 4 nitrogen and oxygen atoms in total. The molecule has 1 aliphatic heterocycles. The average Bonchev–Trinajstić information content (AvgIpc) is 2.67. The summed E-state index contributed by atoms with van der Waals surface area (Å²) < 4.78 is 11.0. The Morgan fingerprint density at radius 1 is 1.19 bits per heavy atom. The van der Waals surface area contributed by atoms with E-state index in [-0.39, 0.29) is 18.7 Å². The van der Waals surface area contributed by atoms with Crippen LogP contribution in [0, 0.1) is 0 Å². The molecule has 0 spiro atoms. The highest BCUT2D eigenvalue weighted by Gasteiger charge is 2.21. The van der Waals surface area contributed by atoms with E-state index in [2.05, 4.69) is 17.0 Å². The Morgan fingerprint density at radius 2 is 1.96 bits per heavy atom. The lowest BCUT2D eigenvalue weighted by Crippen LogP contribution is -2.44. The van der Waals surface area contributed by atoms with E-state index in [1.807, 2.05) is 30.3 Å². The third-order valence-electron chi connectivity index (χ3n) is 4.17. The van der Waals surface area contributed by atoms with Crippen LogP contribution in [0.2, 0.25) is 5.02 Å². The third-order valence-corrected chi connectivity index (χ3v) is 4.42. The monoisotopic (exact) mass is 371 g/mol. The van der Waals surface area contributed by atoms with Crippen molar-refractivity contribution in [2.24, 2.45) is 0 Å². The quantitative estimate of drug-likeness (QED) is 0.572. The molecule has 0 amide bonds. The lowest BCUT2D eigenvalue weighted by Gasteiger charge is -2.32. The number of carbonyl (C=O) groups excluding carboxylic acids is 1. The Bertz CT molecular complexity index is 731. The molecular weight excluding hydrogens is 350 g/mol. The number of halogens is 1. The molecule has 2 aromatic rings. The Hall–Kier alpha value is -2.14. The fourth-order valence-corrected chi connectivity index (χ4v) is 2.95. The Labute approximate surface area is 159 Å². The van der Waals surface area contributed by atoms with Crippen LogP contribution in [0.5, 0.6) is 0 Å². The molecule has 3 rings (SSSR count). The Balaban J connectivity index is 1.43. The minimum Gasteiger partial charge on any atom is -0.460 e. The first-order valence-electron chi connectivity index (χ1n) is 8.67. The number of ether oxygens (including phenoxy) is 2. The van der Waals surface area contributed by atoms with Crippen molar-refractivity contribution in [2.45, 2.75) is 12.6 Å². The molecule has 5 heteroatoms. The van der Waals surface area contributed by atoms with Gasteiger partial charge in [-0.05, 0) is 29.3 Å². The maximum Gasteiger partial charge on any atom is 0.330 e. The number of carbonyl (C=O) groups is 1. The number of esters is 1. The SMILES string of the molecule is O=C(/C=C\c1ccc(Cl)cc1)OC[C@@H]1CN(Cc2ccccc2)CCO1. The second-order valence-electron chi connectivity index (χ2n) is 6.23. The molecule has 2 aromatic carbocycles. The standard InChI is InChI=1S/C21H22ClNO3/c22-19-9-6-17(7-10-19)8-11-21(24)26-16-20-15-23(12-13-25-20)14-18-4-2-1-3-5-18/h1-11,20H,12-16H2/b11-8-/t20-/m0/s1. The maximum atomic E-state index is 11.9. The predicted octanol–water partition coefficient (Wildman–Crippen LogP) is 3.80. The van der Waals surface area contributed by atoms with E-state index in [9.17, 15) is 4.79 Å². The summed E-state index contributed by atoms with van der Waals surface area (Å²) in [6.45, 7) is 3.43. The van der Waals surface area contributed by atoms with Crippen LogP contribution < -0.4 is 0 Å². The van der Waals surface area contributed by atoms with Crippen molar-refractivity contribution in [1.29, 1.82) is 0 Å². The molecule has 26 heavy (non-hydrogen) atoms. The summed E-state index contributed by atoms with van der Waals surface area (Å²) in [5, 5.41) is 0.666. The highest BCUT2D eigenvalue weighted by atomic mass is 35.5. The van der Waals surface area contributed by atoms with Crippen LogP contribution in [0.4, 0.5) is 0 Å². The van der Waals surface area contributed by atoms with Gasteiger partial charge in [-0.3, -0.25) is 4.90 Å². The molecule has 0 saturated carbocycles. The summed E-state index contributed by atoms with van der Waals surface area (Å²) in [5.74, 6) is -0.372. The number of benzene rings is 2. The molecule has 1 fully saturated rings. The van der Waals surface area contributed by atoms with E-state index in [1.54, 1.807) is 18.2 Å². The molecular formula is C21H22ClNO3. The van der Waals surface area contributed by atoms with E-state index in [4.69, 9.17) is 21.1 Å². The van der Waals surface area contributed by atoms with Crippen molar-refractivity contribution in [3.05, 3.63) is 76.8 Å². The molecule has 1 aliphatic rings. The molecule has 0 radical (unpaired) electrons. The molecule has 0 bridgehead atoms. The predicted molar refractivity (Wildman–Crippen MR) is 103 cm³/mol. The third kappa shape index (κ3) is 5.99. The van der Waals surface area contributed by atoms with Crippen LogP contribution in [0.1, 0.15) is 11.1 Å². The number of hydrogen-bond acceptors (Lipinski definition) is 4. The fraction of sp³-hybridized carbons (Fsp3) is 0.286. The van der Waals surface area contributed by atoms with Crippen molar-refractivity contribution >= 4 is 23.6 Å². The van der Waals surface area contributed by atoms with Crippen LogP contribution in [0.25, 0.3) is 6.08 Å². The highest BCUT2D eigenvalue weighted by molar-refractivity contribution is 6.30. The zero-order valence-electron chi connectivity index (χ0n) is 14.5. The van der Waals surface area contributed by atoms with Gasteiger partial charge in [-0.2, -0.15) is 0 Å². The zero-order valence-corrected chi connectivity index (χ0v) is 15.3. The minimum atomic E-state index is -0.372. The highest BCUT2D eigenvalue weighted by Crippen LogP contribution is 2.12. The van der Waals surface area contributed by atoms with Gasteiger partial charge < -0.3 is 9.47 Å². The van der Waals surface area contributed by atoms with Crippen molar-refractivity contribution < 1.29 is 14.3 Å². The Kier molecular flexibility index (Phi) is 6.83. The van der Waals surface area contributed by atoms with Crippen LogP contribution >= 0.6 is 11.6 Å². The van der Waals surface area contributed by atoms with Crippen molar-refractivity contribution in [1.82, 2.24) is 4.90 Å². The molecule has 0 aliphatic carbocycles. The molecule has 136 valence electrons. The second kappa shape index (κ2) is 9.53. The van der Waals surface area contributed by atoms with Gasteiger partial charge in [0.25, 0.3) is 0 Å². The summed E-state index contributed by atoms with van der Waals surface area (Å²) in [5.41, 5.74) is 2.17. The van der Waals surface area contributed by atoms with Crippen LogP contribution in [-0.2, 0) is 20.8 Å². The van der Waals surface area contributed by atoms with E-state index in [0.29, 0.717) is 11.6 Å². The smallest absolute Gasteiger partial charge is 0.330 e. The van der Waals surface area contributed by atoms with E-state index >= 15 is 0 Å². The average molecular weight is 372 g/mol. The van der Waals surface area contributed by atoms with E-state index in [1.165, 1.54) is 11.6 Å². The lowest BCUT2D eigenvalue weighted by molar-refractivity contribution is -0.144. The summed E-state index contributed by atoms with van der Waals surface area (Å²) in [4.78, 5) is 14.2. The maximum absolute atomic E-state index is 11.9. The van der Waals surface area contributed by atoms with Crippen LogP contribution in [-0.4, -0.2) is 43.3 Å². The zero-order chi connectivity index (χ0) is 18.2. The molecule has 0 aromatic heterocycles. The largest absolute Gasteiger partial charge is 0.460 e. The van der Waals surface area contributed by atoms with Gasteiger partial charge in [0.2, 0.25) is 0 Å². The van der Waals surface area contributed by atoms with Crippen molar-refractivity contribution in [2.75, 3.05) is 26.3 Å². The summed E-state index contributed by atoms with van der Waals surface area (Å²) in [6, 6.07) is 17.6. The number of hydrogen-bond donors (Lipinski definition) is 0. The van der Waals surface area contributed by atoms with E-state index in [0.717, 1.165) is 25.2 Å². The van der Waals surface area contributed by atoms with Gasteiger partial charge in [-0.25, -0.2) is 4.79 Å². The minimum absolute atomic E-state index is 0.0969. The van der Waals surface area contributed by atoms with Gasteiger partial charge in [-0.15, -0.1) is 0 Å². The second-order valence-corrected chi connectivity index (χ2v) is 6.66.